The van der Waals surface area contributed by atoms with Crippen LogP contribution in [0.2, 0.25) is 0 Å². The van der Waals surface area contributed by atoms with Gasteiger partial charge in [-0.3, -0.25) is 0 Å². The van der Waals surface area contributed by atoms with Crippen LogP contribution in [0.4, 0.5) is 15.8 Å². The first-order valence-corrected chi connectivity index (χ1v) is 3.10. The van der Waals surface area contributed by atoms with Crippen molar-refractivity contribution in [1.82, 2.24) is 0 Å². The fraction of sp³-hybridized carbons (Fsp3) is 0. The van der Waals surface area contributed by atoms with Crippen molar-refractivity contribution in [2.24, 2.45) is 0 Å². The number of benzene rings is 1. The lowest BCUT2D eigenvalue weighted by Gasteiger charge is -2.03. The van der Waals surface area contributed by atoms with Crippen LogP contribution in [0.5, 0.6) is 0 Å². The third-order valence-electron chi connectivity index (χ3n) is 1.41. The Morgan fingerprint density at radius 3 is 2.50 bits per heavy atom. The standard InChI is InChI=1S/C7H7FN2O2/c8-3-1-4(7(11)12)6(10)5(9)2-3/h1-2H,9-10H2,(H,11,12). The maximum absolute atomic E-state index is 12.6. The molecule has 1 aromatic rings. The van der Waals surface area contributed by atoms with Crippen molar-refractivity contribution >= 4 is 17.3 Å². The van der Waals surface area contributed by atoms with Gasteiger partial charge in [-0.05, 0) is 12.1 Å². The summed E-state index contributed by atoms with van der Waals surface area (Å²) < 4.78 is 12.6. The molecule has 0 atom stereocenters. The topological polar surface area (TPSA) is 89.3 Å². The smallest absolute Gasteiger partial charge is 0.337 e. The van der Waals surface area contributed by atoms with E-state index < -0.39 is 11.8 Å². The van der Waals surface area contributed by atoms with Gasteiger partial charge in [-0.25, -0.2) is 9.18 Å². The summed E-state index contributed by atoms with van der Waals surface area (Å²) in [5, 5.41) is 8.51. The Bertz CT molecular complexity index is 338. The fourth-order valence-electron chi connectivity index (χ4n) is 0.816. The summed E-state index contributed by atoms with van der Waals surface area (Å²) in [6, 6.07) is 1.80. The Kier molecular flexibility index (Phi) is 1.86. The second-order valence-electron chi connectivity index (χ2n) is 2.26. The van der Waals surface area contributed by atoms with E-state index >= 15 is 0 Å². The number of nitrogens with two attached hydrogens (primary N) is 2. The van der Waals surface area contributed by atoms with Crippen LogP contribution in [-0.2, 0) is 0 Å². The summed E-state index contributed by atoms with van der Waals surface area (Å²) in [5.41, 5.74) is 10.0. The zero-order chi connectivity index (χ0) is 9.30. The van der Waals surface area contributed by atoms with Gasteiger partial charge in [0.15, 0.2) is 0 Å². The molecule has 1 aromatic carbocycles. The molecule has 5 N–H and O–H groups in total. The lowest BCUT2D eigenvalue weighted by molar-refractivity contribution is 0.0697. The number of anilines is 2. The molecule has 0 bridgehead atoms. The zero-order valence-corrected chi connectivity index (χ0v) is 6.04. The van der Waals surface area contributed by atoms with Gasteiger partial charge in [0.1, 0.15) is 5.82 Å². The van der Waals surface area contributed by atoms with E-state index in [4.69, 9.17) is 16.6 Å². The van der Waals surface area contributed by atoms with Crippen molar-refractivity contribution in [2.45, 2.75) is 0 Å². The van der Waals surface area contributed by atoms with Crippen molar-refractivity contribution in [3.63, 3.8) is 0 Å². The van der Waals surface area contributed by atoms with Crippen LogP contribution in [0.15, 0.2) is 12.1 Å². The molecule has 0 aromatic heterocycles. The monoisotopic (exact) mass is 170 g/mol. The second-order valence-corrected chi connectivity index (χ2v) is 2.26. The molecule has 64 valence electrons. The molecule has 12 heavy (non-hydrogen) atoms. The molecule has 0 radical (unpaired) electrons. The van der Waals surface area contributed by atoms with Crippen molar-refractivity contribution in [3.05, 3.63) is 23.5 Å². The number of carboxylic acid groups (broad SMARTS) is 1. The Balaban J connectivity index is 3.37. The molecule has 0 unspecified atom stereocenters. The summed E-state index contributed by atoms with van der Waals surface area (Å²) in [5.74, 6) is -2.00. The molecule has 0 fully saturated rings. The summed E-state index contributed by atoms with van der Waals surface area (Å²) in [7, 11) is 0. The molecule has 0 aliphatic carbocycles. The molecule has 0 spiro atoms. The number of aromatic carboxylic acids is 1. The summed E-state index contributed by atoms with van der Waals surface area (Å²) in [6.07, 6.45) is 0. The average molecular weight is 170 g/mol. The van der Waals surface area contributed by atoms with Crippen LogP contribution in [0.3, 0.4) is 0 Å². The molecule has 0 amide bonds. The minimum Gasteiger partial charge on any atom is -0.478 e. The van der Waals surface area contributed by atoms with Gasteiger partial charge in [0.25, 0.3) is 0 Å². The number of hydrogen-bond donors (Lipinski definition) is 3. The molecule has 0 aliphatic rings. The Morgan fingerprint density at radius 1 is 1.42 bits per heavy atom. The minimum atomic E-state index is -1.29. The fourth-order valence-corrected chi connectivity index (χ4v) is 0.816. The van der Waals surface area contributed by atoms with Crippen LogP contribution in [-0.4, -0.2) is 11.1 Å². The van der Waals surface area contributed by atoms with Crippen LogP contribution in [0, 0.1) is 5.82 Å². The van der Waals surface area contributed by atoms with E-state index in [0.717, 1.165) is 12.1 Å². The zero-order valence-electron chi connectivity index (χ0n) is 6.04. The first-order valence-electron chi connectivity index (χ1n) is 3.10. The molecule has 0 heterocycles. The number of carboxylic acids is 1. The van der Waals surface area contributed by atoms with Gasteiger partial charge in [-0.15, -0.1) is 0 Å². The van der Waals surface area contributed by atoms with Gasteiger partial charge in [0.2, 0.25) is 0 Å². The molecule has 0 aliphatic heterocycles. The van der Waals surface area contributed by atoms with Crippen molar-refractivity contribution in [2.75, 3.05) is 11.5 Å². The van der Waals surface area contributed by atoms with Gasteiger partial charge in [-0.2, -0.15) is 0 Å². The largest absolute Gasteiger partial charge is 0.478 e. The van der Waals surface area contributed by atoms with E-state index in [1.54, 1.807) is 0 Å². The van der Waals surface area contributed by atoms with Gasteiger partial charge in [0, 0.05) is 0 Å². The molecule has 4 nitrogen and oxygen atoms in total. The molecule has 0 saturated carbocycles. The third-order valence-corrected chi connectivity index (χ3v) is 1.41. The maximum Gasteiger partial charge on any atom is 0.337 e. The van der Waals surface area contributed by atoms with Gasteiger partial charge in [-0.1, -0.05) is 0 Å². The van der Waals surface area contributed by atoms with Crippen LogP contribution < -0.4 is 11.5 Å². The van der Waals surface area contributed by atoms with Gasteiger partial charge in [0.05, 0.1) is 16.9 Å². The Morgan fingerprint density at radius 2 is 2.00 bits per heavy atom. The predicted octanol–water partition coefficient (Wildman–Crippen LogP) is 0.688. The minimum absolute atomic E-state index is 0.0626. The van der Waals surface area contributed by atoms with E-state index in [9.17, 15) is 9.18 Å². The van der Waals surface area contributed by atoms with Gasteiger partial charge >= 0.3 is 5.97 Å². The molecular weight excluding hydrogens is 163 g/mol. The molecule has 0 saturated heterocycles. The maximum atomic E-state index is 12.6. The van der Waals surface area contributed by atoms with E-state index in [-0.39, 0.29) is 16.9 Å². The highest BCUT2D eigenvalue weighted by Crippen LogP contribution is 2.21. The molecular formula is C7H7FN2O2. The van der Waals surface area contributed by atoms with Crippen LogP contribution >= 0.6 is 0 Å². The predicted molar refractivity (Wildman–Crippen MR) is 42.2 cm³/mol. The lowest BCUT2D eigenvalue weighted by Crippen LogP contribution is -2.06. The van der Waals surface area contributed by atoms with Crippen LogP contribution in [0.1, 0.15) is 10.4 Å². The molecule has 5 heteroatoms. The van der Waals surface area contributed by atoms with E-state index in [0.29, 0.717) is 0 Å². The highest BCUT2D eigenvalue weighted by molar-refractivity contribution is 5.96. The highest BCUT2D eigenvalue weighted by atomic mass is 19.1. The Labute approximate surface area is 67.6 Å². The first-order chi connectivity index (χ1) is 5.52. The summed E-state index contributed by atoms with van der Waals surface area (Å²) in [4.78, 5) is 10.4. The number of halogens is 1. The summed E-state index contributed by atoms with van der Waals surface area (Å²) >= 11 is 0. The number of nitrogen functional groups attached to an aromatic ring is 2. The first kappa shape index (κ1) is 8.32. The van der Waals surface area contributed by atoms with Gasteiger partial charge < -0.3 is 16.6 Å². The quantitative estimate of drug-likeness (QED) is 0.541. The van der Waals surface area contributed by atoms with Crippen molar-refractivity contribution < 1.29 is 14.3 Å². The number of carbonyl (C=O) groups is 1. The van der Waals surface area contributed by atoms with Crippen molar-refractivity contribution in [3.8, 4) is 0 Å². The third kappa shape index (κ3) is 1.29. The average Bonchev–Trinajstić information content (AvgIpc) is 1.96. The number of hydrogen-bond acceptors (Lipinski definition) is 3. The SMILES string of the molecule is Nc1cc(F)cc(C(=O)O)c1N. The molecule has 1 rings (SSSR count). The lowest BCUT2D eigenvalue weighted by atomic mass is 10.1. The summed E-state index contributed by atoms with van der Waals surface area (Å²) in [6.45, 7) is 0. The number of rotatable bonds is 1. The van der Waals surface area contributed by atoms with E-state index in [1.165, 1.54) is 0 Å². The van der Waals surface area contributed by atoms with Crippen molar-refractivity contribution in [1.29, 1.82) is 0 Å². The van der Waals surface area contributed by atoms with Crippen LogP contribution in [0.25, 0.3) is 0 Å². The second kappa shape index (κ2) is 2.69. The Hall–Kier alpha value is -1.78. The highest BCUT2D eigenvalue weighted by Gasteiger charge is 2.11. The normalized spacial score (nSPS) is 9.75. The van der Waals surface area contributed by atoms with E-state index in [2.05, 4.69) is 0 Å². The van der Waals surface area contributed by atoms with E-state index in [1.807, 2.05) is 0 Å².